The normalized spacial score (nSPS) is 19.0. The molecular weight excluding hydrogens is 308 g/mol. The average molecular weight is 325 g/mol. The molecule has 0 radical (unpaired) electrons. The van der Waals surface area contributed by atoms with Crippen LogP contribution in [0.25, 0.3) is 0 Å². The van der Waals surface area contributed by atoms with Crippen molar-refractivity contribution >= 4 is 16.5 Å². The molecule has 1 fully saturated rings. The molecule has 0 N–H and O–H groups in total. The van der Waals surface area contributed by atoms with Crippen LogP contribution in [0.2, 0.25) is 0 Å². The van der Waals surface area contributed by atoms with Crippen molar-refractivity contribution in [3.8, 4) is 0 Å². The Labute approximate surface area is 131 Å². The Morgan fingerprint density at radius 1 is 1.32 bits per heavy atom. The molecule has 1 aromatic carbocycles. The third kappa shape index (κ3) is 3.10. The van der Waals surface area contributed by atoms with Gasteiger partial charge in [-0.05, 0) is 25.0 Å². The first-order valence-corrected chi connectivity index (χ1v) is 7.91. The minimum atomic E-state index is -2.57. The number of hydrogen-bond donors (Lipinski definition) is 0. The summed E-state index contributed by atoms with van der Waals surface area (Å²) in [5.74, 6) is 0. The lowest BCUT2D eigenvalue weighted by molar-refractivity contribution is 0.0393. The molecule has 7 heteroatoms. The molecule has 0 amide bonds. The molecule has 2 aromatic rings. The minimum absolute atomic E-state index is 0.0757. The topological polar surface area (TPSA) is 38.2 Å². The maximum Gasteiger partial charge on any atom is 0.291 e. The summed E-state index contributed by atoms with van der Waals surface area (Å²) in [7, 11) is 0. The average Bonchev–Trinajstić information content (AvgIpc) is 2.97. The zero-order chi connectivity index (χ0) is 15.7. The van der Waals surface area contributed by atoms with E-state index in [9.17, 15) is 8.78 Å². The van der Waals surface area contributed by atoms with Crippen LogP contribution in [0.4, 0.5) is 13.9 Å². The van der Waals surface area contributed by atoms with E-state index in [-0.39, 0.29) is 11.1 Å². The van der Waals surface area contributed by atoms with Gasteiger partial charge in [0.2, 0.25) is 5.13 Å². The highest BCUT2D eigenvalue weighted by atomic mass is 32.1. The molecule has 0 aliphatic carbocycles. The number of aromatic nitrogens is 2. The van der Waals surface area contributed by atoms with E-state index in [0.717, 1.165) is 16.9 Å². The van der Waals surface area contributed by atoms with Gasteiger partial charge in [0.05, 0.1) is 13.2 Å². The summed E-state index contributed by atoms with van der Waals surface area (Å²) in [6.45, 7) is 5.89. The second kappa shape index (κ2) is 6.26. The molecule has 22 heavy (non-hydrogen) atoms. The largest absolute Gasteiger partial charge is 0.370 e. The van der Waals surface area contributed by atoms with E-state index in [1.165, 1.54) is 11.1 Å². The van der Waals surface area contributed by atoms with Crippen LogP contribution < -0.4 is 4.90 Å². The smallest absolute Gasteiger partial charge is 0.291 e. The van der Waals surface area contributed by atoms with Crippen molar-refractivity contribution in [3.05, 3.63) is 39.9 Å². The van der Waals surface area contributed by atoms with Gasteiger partial charge < -0.3 is 9.64 Å². The van der Waals surface area contributed by atoms with Gasteiger partial charge in [-0.25, -0.2) is 8.78 Å². The summed E-state index contributed by atoms with van der Waals surface area (Å²) in [4.78, 5) is 1.97. The predicted octanol–water partition coefficient (Wildman–Crippen LogP) is 3.67. The summed E-state index contributed by atoms with van der Waals surface area (Å²) in [6.07, 6.45) is -2.64. The third-order valence-electron chi connectivity index (χ3n) is 3.73. The molecule has 1 aliphatic rings. The maximum atomic E-state index is 12.6. The van der Waals surface area contributed by atoms with Crippen molar-refractivity contribution in [1.29, 1.82) is 0 Å². The Morgan fingerprint density at radius 3 is 2.82 bits per heavy atom. The molecule has 1 aliphatic heterocycles. The molecule has 1 atom stereocenters. The van der Waals surface area contributed by atoms with Crippen LogP contribution in [-0.4, -0.2) is 29.9 Å². The van der Waals surface area contributed by atoms with Gasteiger partial charge in [-0.3, -0.25) is 0 Å². The lowest BCUT2D eigenvalue weighted by atomic mass is 10.00. The van der Waals surface area contributed by atoms with E-state index in [1.54, 1.807) is 0 Å². The lowest BCUT2D eigenvalue weighted by Gasteiger charge is -2.33. The zero-order valence-corrected chi connectivity index (χ0v) is 13.2. The third-order valence-corrected chi connectivity index (χ3v) is 4.72. The quantitative estimate of drug-likeness (QED) is 0.863. The molecule has 1 aromatic heterocycles. The Morgan fingerprint density at radius 2 is 2.14 bits per heavy atom. The molecule has 118 valence electrons. The fourth-order valence-corrected chi connectivity index (χ4v) is 3.37. The lowest BCUT2D eigenvalue weighted by Crippen LogP contribution is -2.38. The number of alkyl halides is 2. The first-order chi connectivity index (χ1) is 10.5. The van der Waals surface area contributed by atoms with E-state index in [4.69, 9.17) is 4.74 Å². The first-order valence-electron chi connectivity index (χ1n) is 7.10. The monoisotopic (exact) mass is 325 g/mol. The van der Waals surface area contributed by atoms with Crippen LogP contribution in [-0.2, 0) is 4.74 Å². The number of nitrogens with zero attached hydrogens (tertiary/aromatic N) is 3. The molecule has 0 spiro atoms. The van der Waals surface area contributed by atoms with Crippen molar-refractivity contribution in [3.63, 3.8) is 0 Å². The van der Waals surface area contributed by atoms with Gasteiger partial charge in [0.25, 0.3) is 6.43 Å². The van der Waals surface area contributed by atoms with Crippen LogP contribution in [0.15, 0.2) is 18.2 Å². The van der Waals surface area contributed by atoms with Gasteiger partial charge in [0, 0.05) is 6.54 Å². The maximum absolute atomic E-state index is 12.6. The van der Waals surface area contributed by atoms with Gasteiger partial charge in [-0.2, -0.15) is 0 Å². The molecule has 3 rings (SSSR count). The second-order valence-corrected chi connectivity index (χ2v) is 6.38. The van der Waals surface area contributed by atoms with E-state index in [1.807, 2.05) is 4.90 Å². The summed E-state index contributed by atoms with van der Waals surface area (Å²) in [6, 6.07) is 6.26. The fourth-order valence-electron chi connectivity index (χ4n) is 2.64. The van der Waals surface area contributed by atoms with Crippen LogP contribution in [0.5, 0.6) is 0 Å². The summed E-state index contributed by atoms with van der Waals surface area (Å²) >= 11 is 0.950. The van der Waals surface area contributed by atoms with Crippen LogP contribution in [0, 0.1) is 13.8 Å². The highest BCUT2D eigenvalue weighted by Crippen LogP contribution is 2.32. The molecule has 0 saturated carbocycles. The van der Waals surface area contributed by atoms with E-state index < -0.39 is 6.43 Å². The van der Waals surface area contributed by atoms with Crippen molar-refractivity contribution in [2.45, 2.75) is 26.4 Å². The number of aryl methyl sites for hydroxylation is 2. The SMILES string of the molecule is Cc1ccc([C@@H]2CN(c3nnc(C(F)F)s3)CCO2)c(C)c1. The molecular formula is C15H17F2N3OS. The molecule has 2 heterocycles. The highest BCUT2D eigenvalue weighted by Gasteiger charge is 2.26. The van der Waals surface area contributed by atoms with E-state index in [0.29, 0.717) is 24.8 Å². The van der Waals surface area contributed by atoms with Gasteiger partial charge in [0.1, 0.15) is 6.10 Å². The fraction of sp³-hybridized carbons (Fsp3) is 0.467. The number of halogens is 2. The van der Waals surface area contributed by atoms with Crippen LogP contribution >= 0.6 is 11.3 Å². The molecule has 4 nitrogen and oxygen atoms in total. The molecule has 0 bridgehead atoms. The van der Waals surface area contributed by atoms with Crippen molar-refractivity contribution in [2.75, 3.05) is 24.6 Å². The Hall–Kier alpha value is -1.60. The van der Waals surface area contributed by atoms with Gasteiger partial charge in [-0.1, -0.05) is 35.1 Å². The summed E-state index contributed by atoms with van der Waals surface area (Å²) in [5, 5.41) is 7.74. The number of ether oxygens (including phenoxy) is 1. The minimum Gasteiger partial charge on any atom is -0.370 e. The Balaban J connectivity index is 1.78. The standard InChI is InChI=1S/C15H17F2N3OS/c1-9-3-4-11(10(2)7-9)12-8-20(5-6-21-12)15-19-18-14(22-15)13(16)17/h3-4,7,12-13H,5-6,8H2,1-2H3/t12-/m0/s1. The highest BCUT2D eigenvalue weighted by molar-refractivity contribution is 7.15. The Bertz CT molecular complexity index is 662. The van der Waals surface area contributed by atoms with Gasteiger partial charge in [-0.15, -0.1) is 10.2 Å². The molecule has 1 saturated heterocycles. The van der Waals surface area contributed by atoms with Crippen LogP contribution in [0.1, 0.15) is 34.2 Å². The van der Waals surface area contributed by atoms with Gasteiger partial charge in [0.15, 0.2) is 5.01 Å². The number of hydrogen-bond acceptors (Lipinski definition) is 5. The van der Waals surface area contributed by atoms with E-state index in [2.05, 4.69) is 42.2 Å². The van der Waals surface area contributed by atoms with Crippen molar-refractivity contribution in [2.24, 2.45) is 0 Å². The zero-order valence-electron chi connectivity index (χ0n) is 12.4. The van der Waals surface area contributed by atoms with E-state index >= 15 is 0 Å². The van der Waals surface area contributed by atoms with Crippen molar-refractivity contribution in [1.82, 2.24) is 10.2 Å². The number of anilines is 1. The first kappa shape index (κ1) is 15.3. The Kier molecular flexibility index (Phi) is 4.35. The van der Waals surface area contributed by atoms with Crippen molar-refractivity contribution < 1.29 is 13.5 Å². The van der Waals surface area contributed by atoms with Crippen LogP contribution in [0.3, 0.4) is 0 Å². The van der Waals surface area contributed by atoms with Gasteiger partial charge >= 0.3 is 0 Å². The summed E-state index contributed by atoms with van der Waals surface area (Å²) in [5.41, 5.74) is 3.52. The molecule has 0 unspecified atom stereocenters. The predicted molar refractivity (Wildman–Crippen MR) is 81.7 cm³/mol. The number of morpholine rings is 1. The number of rotatable bonds is 3. The second-order valence-electron chi connectivity index (χ2n) is 5.39. The summed E-state index contributed by atoms with van der Waals surface area (Å²) < 4.78 is 31.1. The number of benzene rings is 1.